The number of nitrogens with zero attached hydrogens (tertiary/aromatic N) is 1. The number of furan rings is 1. The van der Waals surface area contributed by atoms with E-state index in [1.807, 2.05) is 82.3 Å². The third-order valence-corrected chi connectivity index (χ3v) is 6.45. The van der Waals surface area contributed by atoms with Crippen molar-refractivity contribution in [3.63, 3.8) is 0 Å². The zero-order valence-corrected chi connectivity index (χ0v) is 21.2. The Labute approximate surface area is 214 Å². The first-order valence-electron chi connectivity index (χ1n) is 11.6. The van der Waals surface area contributed by atoms with Gasteiger partial charge in [0.15, 0.2) is 5.58 Å². The summed E-state index contributed by atoms with van der Waals surface area (Å²) in [5, 5.41) is 3.62. The molecule has 0 saturated carbocycles. The second kappa shape index (κ2) is 9.51. The van der Waals surface area contributed by atoms with Crippen LogP contribution in [0.25, 0.3) is 40.0 Å². The molecule has 0 unspecified atom stereocenters. The van der Waals surface area contributed by atoms with Crippen LogP contribution in [0, 0.1) is 27.7 Å². The van der Waals surface area contributed by atoms with Crippen molar-refractivity contribution in [1.82, 2.24) is 4.98 Å². The Hall–Kier alpha value is -4.09. The number of rotatable bonds is 5. The van der Waals surface area contributed by atoms with E-state index in [0.29, 0.717) is 28.1 Å². The Morgan fingerprint density at radius 2 is 1.64 bits per heavy atom. The lowest BCUT2D eigenvalue weighted by molar-refractivity contribution is -0.111. The van der Waals surface area contributed by atoms with Gasteiger partial charge in [-0.25, -0.2) is 4.98 Å². The number of aromatic nitrogens is 1. The molecule has 1 N–H and O–H groups in total. The summed E-state index contributed by atoms with van der Waals surface area (Å²) in [5.74, 6) is 1.50. The first kappa shape index (κ1) is 23.6. The van der Waals surface area contributed by atoms with Crippen molar-refractivity contribution in [2.24, 2.45) is 0 Å². The minimum absolute atomic E-state index is 0.268. The number of amides is 1. The van der Waals surface area contributed by atoms with Gasteiger partial charge in [0.05, 0.1) is 0 Å². The van der Waals surface area contributed by atoms with E-state index < -0.39 is 0 Å². The lowest BCUT2D eigenvalue weighted by Crippen LogP contribution is -2.09. The Balaban J connectivity index is 1.33. The average molecular weight is 497 g/mol. The van der Waals surface area contributed by atoms with Crippen LogP contribution in [0.2, 0.25) is 5.02 Å². The van der Waals surface area contributed by atoms with Gasteiger partial charge in [-0.2, -0.15) is 0 Å². The summed E-state index contributed by atoms with van der Waals surface area (Å²) in [5.41, 5.74) is 8.07. The van der Waals surface area contributed by atoms with E-state index in [-0.39, 0.29) is 5.91 Å². The number of carbonyl (C=O) groups excluding carboxylic acids is 1. The quantitative estimate of drug-likeness (QED) is 0.248. The minimum atomic E-state index is -0.268. The highest BCUT2D eigenvalue weighted by atomic mass is 35.5. The fourth-order valence-corrected chi connectivity index (χ4v) is 4.25. The number of aryl methyl sites for hydroxylation is 4. The van der Waals surface area contributed by atoms with Gasteiger partial charge in [-0.05, 0) is 92.4 Å². The molecule has 0 radical (unpaired) electrons. The van der Waals surface area contributed by atoms with Gasteiger partial charge in [0, 0.05) is 27.9 Å². The molecule has 0 saturated heterocycles. The Morgan fingerprint density at radius 1 is 0.861 bits per heavy atom. The summed E-state index contributed by atoms with van der Waals surface area (Å²) in [7, 11) is 0. The molecule has 2 heterocycles. The number of oxazole rings is 1. The van der Waals surface area contributed by atoms with Crippen LogP contribution >= 0.6 is 11.6 Å². The molecule has 180 valence electrons. The zero-order chi connectivity index (χ0) is 25.4. The molecule has 0 aliphatic heterocycles. The molecule has 2 aromatic heterocycles. The summed E-state index contributed by atoms with van der Waals surface area (Å²) >= 11 is 6.23. The molecule has 5 aromatic rings. The van der Waals surface area contributed by atoms with Crippen molar-refractivity contribution in [2.75, 3.05) is 5.32 Å². The third kappa shape index (κ3) is 4.83. The van der Waals surface area contributed by atoms with Gasteiger partial charge in [0.1, 0.15) is 17.0 Å². The highest BCUT2D eigenvalue weighted by Gasteiger charge is 2.13. The second-order valence-corrected chi connectivity index (χ2v) is 9.37. The standard InChI is InChI=1S/C30H25ClN2O3/c1-17-13-20(4)29-26(14-17)33-30(36-29)22-8-6-19(3)25(16-22)32-28(34)12-10-23-9-11-27(35-23)21-7-5-18(2)24(31)15-21/h5-16H,1-4H3,(H,32,34)/b12-10+. The van der Waals surface area contributed by atoms with Crippen LogP contribution in [0.15, 0.2) is 75.6 Å². The summed E-state index contributed by atoms with van der Waals surface area (Å²) < 4.78 is 11.9. The Bertz CT molecular complexity index is 1640. The first-order chi connectivity index (χ1) is 17.3. The van der Waals surface area contributed by atoms with Crippen molar-refractivity contribution in [1.29, 1.82) is 0 Å². The average Bonchev–Trinajstić information content (AvgIpc) is 3.48. The molecule has 0 bridgehead atoms. The minimum Gasteiger partial charge on any atom is -0.457 e. The zero-order valence-electron chi connectivity index (χ0n) is 20.5. The largest absolute Gasteiger partial charge is 0.457 e. The van der Waals surface area contributed by atoms with Crippen molar-refractivity contribution in [2.45, 2.75) is 27.7 Å². The molecule has 0 aliphatic carbocycles. The van der Waals surface area contributed by atoms with Gasteiger partial charge in [-0.15, -0.1) is 0 Å². The van der Waals surface area contributed by atoms with E-state index in [1.165, 1.54) is 6.08 Å². The van der Waals surface area contributed by atoms with Gasteiger partial charge < -0.3 is 14.2 Å². The topological polar surface area (TPSA) is 68.3 Å². The Morgan fingerprint density at radius 3 is 2.44 bits per heavy atom. The fraction of sp³-hybridized carbons (Fsp3) is 0.133. The van der Waals surface area contributed by atoms with Crippen LogP contribution in [-0.2, 0) is 4.79 Å². The highest BCUT2D eigenvalue weighted by molar-refractivity contribution is 6.31. The maximum absolute atomic E-state index is 12.7. The summed E-state index contributed by atoms with van der Waals surface area (Å²) in [6.45, 7) is 7.94. The first-order valence-corrected chi connectivity index (χ1v) is 12.0. The highest BCUT2D eigenvalue weighted by Crippen LogP contribution is 2.30. The van der Waals surface area contributed by atoms with E-state index >= 15 is 0 Å². The number of hydrogen-bond acceptors (Lipinski definition) is 4. The maximum atomic E-state index is 12.7. The number of halogens is 1. The fourth-order valence-electron chi connectivity index (χ4n) is 4.07. The number of carbonyl (C=O) groups is 1. The lowest BCUT2D eigenvalue weighted by atomic mass is 10.1. The number of nitrogens with one attached hydrogen (secondary N) is 1. The molecular formula is C30H25ClN2O3. The molecule has 3 aromatic carbocycles. The molecule has 1 amide bonds. The van der Waals surface area contributed by atoms with Crippen molar-refractivity contribution < 1.29 is 13.6 Å². The van der Waals surface area contributed by atoms with Crippen LogP contribution in [0.5, 0.6) is 0 Å². The van der Waals surface area contributed by atoms with Crippen LogP contribution < -0.4 is 5.32 Å². The molecular weight excluding hydrogens is 472 g/mol. The number of benzene rings is 3. The second-order valence-electron chi connectivity index (χ2n) is 8.97. The molecule has 36 heavy (non-hydrogen) atoms. The normalized spacial score (nSPS) is 11.5. The van der Waals surface area contributed by atoms with Gasteiger partial charge in [-0.3, -0.25) is 4.79 Å². The van der Waals surface area contributed by atoms with Gasteiger partial charge in [-0.1, -0.05) is 35.9 Å². The van der Waals surface area contributed by atoms with Crippen LogP contribution in [0.4, 0.5) is 5.69 Å². The van der Waals surface area contributed by atoms with Crippen LogP contribution in [-0.4, -0.2) is 10.9 Å². The van der Waals surface area contributed by atoms with Crippen molar-refractivity contribution in [3.8, 4) is 22.8 Å². The molecule has 5 rings (SSSR count). The van der Waals surface area contributed by atoms with E-state index in [0.717, 1.165) is 44.5 Å². The third-order valence-electron chi connectivity index (χ3n) is 6.04. The van der Waals surface area contributed by atoms with E-state index in [4.69, 9.17) is 20.4 Å². The van der Waals surface area contributed by atoms with Crippen molar-refractivity contribution >= 4 is 40.4 Å². The number of fused-ring (bicyclic) bond motifs is 1. The van der Waals surface area contributed by atoms with Crippen molar-refractivity contribution in [3.05, 3.63) is 99.8 Å². The summed E-state index contributed by atoms with van der Waals surface area (Å²) in [6.07, 6.45) is 3.09. The number of hydrogen-bond donors (Lipinski definition) is 1. The molecule has 6 heteroatoms. The van der Waals surface area contributed by atoms with E-state index in [2.05, 4.69) is 16.4 Å². The van der Waals surface area contributed by atoms with Gasteiger partial charge in [0.25, 0.3) is 0 Å². The van der Waals surface area contributed by atoms with Gasteiger partial charge in [0.2, 0.25) is 11.8 Å². The number of anilines is 1. The van der Waals surface area contributed by atoms with Crippen LogP contribution in [0.1, 0.15) is 28.0 Å². The Kier molecular flexibility index (Phi) is 6.25. The molecule has 0 aliphatic rings. The summed E-state index contributed by atoms with van der Waals surface area (Å²) in [6, 6.07) is 19.3. The summed E-state index contributed by atoms with van der Waals surface area (Å²) in [4.78, 5) is 17.3. The van der Waals surface area contributed by atoms with Gasteiger partial charge >= 0.3 is 0 Å². The predicted molar refractivity (Wildman–Crippen MR) is 145 cm³/mol. The predicted octanol–water partition coefficient (Wildman–Crippen LogP) is 8.29. The van der Waals surface area contributed by atoms with Crippen LogP contribution in [0.3, 0.4) is 0 Å². The molecule has 0 atom stereocenters. The molecule has 0 spiro atoms. The molecule has 5 nitrogen and oxygen atoms in total. The lowest BCUT2D eigenvalue weighted by Gasteiger charge is -2.08. The maximum Gasteiger partial charge on any atom is 0.248 e. The molecule has 0 fully saturated rings. The SMILES string of the molecule is Cc1cc(C)c2oc(-c3ccc(C)c(NC(=O)/C=C/c4ccc(-c5ccc(C)c(Cl)c5)o4)c3)nc2c1. The van der Waals surface area contributed by atoms with E-state index in [1.54, 1.807) is 6.08 Å². The van der Waals surface area contributed by atoms with E-state index in [9.17, 15) is 4.79 Å². The monoisotopic (exact) mass is 496 g/mol. The smallest absolute Gasteiger partial charge is 0.248 e.